The van der Waals surface area contributed by atoms with Crippen LogP contribution in [0.1, 0.15) is 43.2 Å². The van der Waals surface area contributed by atoms with Crippen LogP contribution in [0.5, 0.6) is 11.5 Å². The monoisotopic (exact) mass is 495 g/mol. The molecule has 1 N–H and O–H groups in total. The third kappa shape index (κ3) is 4.39. The van der Waals surface area contributed by atoms with Crippen molar-refractivity contribution in [3.63, 3.8) is 0 Å². The zero-order valence-corrected chi connectivity index (χ0v) is 20.0. The van der Waals surface area contributed by atoms with E-state index < -0.39 is 0 Å². The van der Waals surface area contributed by atoms with Crippen LogP contribution in [0.3, 0.4) is 0 Å². The molecule has 1 aliphatic carbocycles. The standard InChI is InChI=1S/C22H29N3O5.BrH/c1-5-30-19-9-14-15-8-13(26)6-7-17(15)24-22(16(14)10-18(19)27-2)25-12-20(28-3)23-11-21(25)29-4;/h9-11,13,15,17,26H,5-8,12H2,1-4H3;1H/t13-,15-,17-;/m1./s1. The Kier molecular flexibility index (Phi) is 7.48. The number of benzene rings is 1. The van der Waals surface area contributed by atoms with E-state index in [1.165, 1.54) is 0 Å². The number of hydrogen-bond donors (Lipinski definition) is 1. The average Bonchev–Trinajstić information content (AvgIpc) is 2.78. The molecule has 1 aromatic carbocycles. The van der Waals surface area contributed by atoms with Crippen LogP contribution in [0.25, 0.3) is 0 Å². The smallest absolute Gasteiger partial charge is 0.214 e. The van der Waals surface area contributed by atoms with Crippen molar-refractivity contribution in [3.05, 3.63) is 35.3 Å². The number of rotatable bonds is 4. The number of aliphatic hydroxyl groups is 1. The van der Waals surface area contributed by atoms with Gasteiger partial charge in [0.2, 0.25) is 11.8 Å². The summed E-state index contributed by atoms with van der Waals surface area (Å²) in [5, 5.41) is 10.3. The lowest BCUT2D eigenvalue weighted by molar-refractivity contribution is 0.110. The molecule has 0 spiro atoms. The number of fused-ring (bicyclic) bond motifs is 3. The third-order valence-electron chi connectivity index (χ3n) is 5.93. The molecule has 8 nitrogen and oxygen atoms in total. The van der Waals surface area contributed by atoms with E-state index in [9.17, 15) is 5.11 Å². The van der Waals surface area contributed by atoms with Crippen molar-refractivity contribution in [3.8, 4) is 11.5 Å². The Labute approximate surface area is 193 Å². The minimum absolute atomic E-state index is 0. The zero-order chi connectivity index (χ0) is 21.3. The second kappa shape index (κ2) is 9.91. The Morgan fingerprint density at radius 2 is 1.90 bits per heavy atom. The van der Waals surface area contributed by atoms with Gasteiger partial charge < -0.3 is 24.1 Å². The average molecular weight is 496 g/mol. The Bertz CT molecular complexity index is 901. The van der Waals surface area contributed by atoms with Crippen LogP contribution in [0, 0.1) is 0 Å². The molecule has 170 valence electrons. The molecule has 1 fully saturated rings. The van der Waals surface area contributed by atoms with Crippen LogP contribution in [0.4, 0.5) is 0 Å². The fourth-order valence-electron chi connectivity index (χ4n) is 4.48. The minimum atomic E-state index is -0.315. The fraction of sp³-hybridized carbons (Fsp3) is 0.545. The summed E-state index contributed by atoms with van der Waals surface area (Å²) in [7, 11) is 4.86. The van der Waals surface area contributed by atoms with Gasteiger partial charge in [0.25, 0.3) is 0 Å². The molecule has 2 heterocycles. The molecule has 1 saturated carbocycles. The zero-order valence-electron chi connectivity index (χ0n) is 18.3. The molecular weight excluding hydrogens is 466 g/mol. The molecule has 2 aliphatic heterocycles. The maximum atomic E-state index is 10.3. The Morgan fingerprint density at radius 3 is 2.58 bits per heavy atom. The van der Waals surface area contributed by atoms with E-state index in [0.717, 1.165) is 29.8 Å². The van der Waals surface area contributed by atoms with Crippen molar-refractivity contribution in [2.75, 3.05) is 34.5 Å². The molecule has 0 amide bonds. The predicted octanol–water partition coefficient (Wildman–Crippen LogP) is 3.23. The minimum Gasteiger partial charge on any atom is -0.493 e. The van der Waals surface area contributed by atoms with Gasteiger partial charge in [-0.2, -0.15) is 0 Å². The summed E-state index contributed by atoms with van der Waals surface area (Å²) in [6, 6.07) is 4.11. The van der Waals surface area contributed by atoms with Crippen LogP contribution in [0.15, 0.2) is 34.2 Å². The van der Waals surface area contributed by atoms with Gasteiger partial charge in [0.05, 0.1) is 46.3 Å². The molecule has 3 atom stereocenters. The van der Waals surface area contributed by atoms with Gasteiger partial charge in [-0.05, 0) is 43.9 Å². The lowest BCUT2D eigenvalue weighted by atomic mass is 9.75. The van der Waals surface area contributed by atoms with E-state index in [-0.39, 0.29) is 35.0 Å². The van der Waals surface area contributed by atoms with E-state index in [4.69, 9.17) is 23.9 Å². The number of hydrogen-bond acceptors (Lipinski definition) is 8. The highest BCUT2D eigenvalue weighted by atomic mass is 79.9. The largest absolute Gasteiger partial charge is 0.493 e. The van der Waals surface area contributed by atoms with Gasteiger partial charge in [0, 0.05) is 11.5 Å². The van der Waals surface area contributed by atoms with Gasteiger partial charge in [0.1, 0.15) is 12.4 Å². The number of halogens is 1. The lowest BCUT2D eigenvalue weighted by Crippen LogP contribution is -2.43. The van der Waals surface area contributed by atoms with Crippen LogP contribution < -0.4 is 9.47 Å². The number of amidine groups is 1. The van der Waals surface area contributed by atoms with E-state index in [1.807, 2.05) is 24.0 Å². The highest BCUT2D eigenvalue weighted by molar-refractivity contribution is 8.93. The summed E-state index contributed by atoms with van der Waals surface area (Å²) in [6.45, 7) is 2.92. The molecule has 3 aliphatic rings. The van der Waals surface area contributed by atoms with Gasteiger partial charge in [-0.25, -0.2) is 4.99 Å². The first-order valence-corrected chi connectivity index (χ1v) is 10.3. The highest BCUT2D eigenvalue weighted by Gasteiger charge is 2.39. The van der Waals surface area contributed by atoms with Crippen molar-refractivity contribution in [1.82, 2.24) is 4.90 Å². The van der Waals surface area contributed by atoms with Gasteiger partial charge in [0.15, 0.2) is 11.5 Å². The molecule has 9 heteroatoms. The first kappa shape index (κ1) is 23.4. The molecule has 31 heavy (non-hydrogen) atoms. The van der Waals surface area contributed by atoms with Crippen LogP contribution >= 0.6 is 17.0 Å². The quantitative estimate of drug-likeness (QED) is 0.689. The number of ether oxygens (including phenoxy) is 4. The summed E-state index contributed by atoms with van der Waals surface area (Å²) in [5.74, 6) is 3.47. The third-order valence-corrected chi connectivity index (χ3v) is 5.93. The van der Waals surface area contributed by atoms with Crippen LogP contribution in [0.2, 0.25) is 0 Å². The van der Waals surface area contributed by atoms with Crippen LogP contribution in [-0.4, -0.2) is 68.4 Å². The van der Waals surface area contributed by atoms with Crippen molar-refractivity contribution in [2.24, 2.45) is 9.98 Å². The number of methoxy groups -OCH3 is 3. The van der Waals surface area contributed by atoms with Crippen molar-refractivity contribution < 1.29 is 24.1 Å². The van der Waals surface area contributed by atoms with E-state index in [1.54, 1.807) is 27.5 Å². The Balaban J connectivity index is 0.00000272. The maximum Gasteiger partial charge on any atom is 0.214 e. The van der Waals surface area contributed by atoms with Gasteiger partial charge in [-0.3, -0.25) is 9.89 Å². The second-order valence-corrected chi connectivity index (χ2v) is 7.60. The van der Waals surface area contributed by atoms with Gasteiger partial charge in [-0.15, -0.1) is 17.0 Å². The van der Waals surface area contributed by atoms with E-state index in [0.29, 0.717) is 42.9 Å². The second-order valence-electron chi connectivity index (χ2n) is 7.60. The first-order chi connectivity index (χ1) is 14.6. The molecule has 0 unspecified atom stereocenters. The molecule has 4 rings (SSSR count). The van der Waals surface area contributed by atoms with Gasteiger partial charge >= 0.3 is 0 Å². The Hall–Kier alpha value is -2.26. The molecule has 0 radical (unpaired) electrons. The molecular formula is C22H30BrN3O5. The first-order valence-electron chi connectivity index (χ1n) is 10.3. The SMILES string of the molecule is Br.CCOc1cc2c(cc1OC)C(N1CC(OC)=NC=C1OC)=N[C@@H]1CC[C@@H](O)C[C@H]21. The van der Waals surface area contributed by atoms with Gasteiger partial charge in [-0.1, -0.05) is 0 Å². The van der Waals surface area contributed by atoms with Crippen molar-refractivity contribution in [2.45, 2.75) is 44.2 Å². The molecule has 0 aromatic heterocycles. The predicted molar refractivity (Wildman–Crippen MR) is 124 cm³/mol. The topological polar surface area (TPSA) is 85.1 Å². The van der Waals surface area contributed by atoms with E-state index >= 15 is 0 Å². The summed E-state index contributed by atoms with van der Waals surface area (Å²) >= 11 is 0. The highest BCUT2D eigenvalue weighted by Crippen LogP contribution is 2.45. The number of nitrogens with zero attached hydrogens (tertiary/aromatic N) is 3. The summed E-state index contributed by atoms with van der Waals surface area (Å²) in [4.78, 5) is 11.4. The molecule has 0 saturated heterocycles. The normalized spacial score (nSPS) is 24.5. The fourth-order valence-corrected chi connectivity index (χ4v) is 4.48. The maximum absolute atomic E-state index is 10.3. The number of aliphatic hydroxyl groups excluding tert-OH is 1. The van der Waals surface area contributed by atoms with E-state index in [2.05, 4.69) is 4.99 Å². The molecule has 1 aromatic rings. The summed E-state index contributed by atoms with van der Waals surface area (Å²) < 4.78 is 22.4. The Morgan fingerprint density at radius 1 is 1.10 bits per heavy atom. The van der Waals surface area contributed by atoms with Crippen molar-refractivity contribution in [1.29, 1.82) is 0 Å². The molecule has 0 bridgehead atoms. The number of aliphatic imine (C=N–C) groups is 2. The van der Waals surface area contributed by atoms with Crippen molar-refractivity contribution >= 4 is 28.7 Å². The van der Waals surface area contributed by atoms with Crippen LogP contribution in [-0.2, 0) is 9.47 Å². The summed E-state index contributed by atoms with van der Waals surface area (Å²) in [6.07, 6.45) is 3.59. The summed E-state index contributed by atoms with van der Waals surface area (Å²) in [5.41, 5.74) is 2.07. The lowest BCUT2D eigenvalue weighted by Gasteiger charge is -2.40.